The van der Waals surface area contributed by atoms with Crippen molar-refractivity contribution in [2.45, 2.75) is 29.8 Å². The molecule has 0 atom stereocenters. The van der Waals surface area contributed by atoms with Crippen molar-refractivity contribution in [3.63, 3.8) is 0 Å². The van der Waals surface area contributed by atoms with Crippen LogP contribution in [0, 0.1) is 0 Å². The number of aromatic nitrogens is 4. The summed E-state index contributed by atoms with van der Waals surface area (Å²) in [7, 11) is 0. The summed E-state index contributed by atoms with van der Waals surface area (Å²) in [5.74, 6) is 0.541. The average Bonchev–Trinajstić information content (AvgIpc) is 3.48. The maximum absolute atomic E-state index is 13.4. The number of imidazole rings is 1. The van der Waals surface area contributed by atoms with Gasteiger partial charge in [0.1, 0.15) is 0 Å². The molecule has 1 aliphatic carbocycles. The summed E-state index contributed by atoms with van der Waals surface area (Å²) in [6, 6.07) is 12.9. The predicted octanol–water partition coefficient (Wildman–Crippen LogP) is 6.17. The lowest BCUT2D eigenvalue weighted by molar-refractivity contribution is 0.739. The second kappa shape index (κ2) is 7.93. The van der Waals surface area contributed by atoms with Crippen LogP contribution in [-0.4, -0.2) is 19.1 Å². The van der Waals surface area contributed by atoms with Gasteiger partial charge in [-0.15, -0.1) is 0 Å². The van der Waals surface area contributed by atoms with Gasteiger partial charge in [0, 0.05) is 26.9 Å². The maximum Gasteiger partial charge on any atom is 0.286 e. The lowest BCUT2D eigenvalue weighted by Crippen LogP contribution is -2.22. The minimum Gasteiger partial charge on any atom is -0.312 e. The molecule has 0 bridgehead atoms. The molecule has 2 aromatic carbocycles. The van der Waals surface area contributed by atoms with Gasteiger partial charge in [0.25, 0.3) is 5.56 Å². The number of nitrogens with zero attached hydrogens (tertiary/aromatic N) is 4. The lowest BCUT2D eigenvalue weighted by atomic mass is 10.2. The van der Waals surface area contributed by atoms with Gasteiger partial charge in [0.05, 0.1) is 12.0 Å². The smallest absolute Gasteiger partial charge is 0.286 e. The number of hydrogen-bond acceptors (Lipinski definition) is 4. The van der Waals surface area contributed by atoms with Crippen molar-refractivity contribution in [3.8, 4) is 5.69 Å². The zero-order valence-corrected chi connectivity index (χ0v) is 18.6. The van der Waals surface area contributed by atoms with E-state index in [0.29, 0.717) is 48.9 Å². The number of thioether (sulfide) groups is 1. The first kappa shape index (κ1) is 19.9. The Morgan fingerprint density at radius 1 is 1.03 bits per heavy atom. The molecule has 9 heteroatoms. The Balaban J connectivity index is 1.63. The van der Waals surface area contributed by atoms with Crippen LogP contribution in [-0.2, 0) is 5.75 Å². The van der Waals surface area contributed by atoms with Crippen LogP contribution in [0.25, 0.3) is 16.9 Å². The Labute approximate surface area is 191 Å². The van der Waals surface area contributed by atoms with E-state index in [1.54, 1.807) is 47.3 Å². The molecule has 1 aliphatic rings. The van der Waals surface area contributed by atoms with Gasteiger partial charge < -0.3 is 4.57 Å². The fraction of sp³-hybridized carbons (Fsp3) is 0.190. The van der Waals surface area contributed by atoms with Gasteiger partial charge in [-0.05, 0) is 54.8 Å². The average molecular weight is 478 g/mol. The van der Waals surface area contributed by atoms with Gasteiger partial charge >= 0.3 is 0 Å². The van der Waals surface area contributed by atoms with Crippen molar-refractivity contribution in [2.24, 2.45) is 0 Å². The third kappa shape index (κ3) is 3.73. The Hall–Kier alpha value is -1.99. The summed E-state index contributed by atoms with van der Waals surface area (Å²) in [4.78, 5) is 22.6. The van der Waals surface area contributed by atoms with E-state index in [1.807, 2.05) is 10.6 Å². The monoisotopic (exact) mass is 476 g/mol. The molecule has 0 unspecified atom stereocenters. The van der Waals surface area contributed by atoms with Crippen LogP contribution in [0.5, 0.6) is 0 Å². The van der Waals surface area contributed by atoms with Crippen LogP contribution >= 0.6 is 46.6 Å². The number of fused-ring (bicyclic) bond motifs is 1. The molecule has 1 fully saturated rings. The molecule has 0 N–H and O–H groups in total. The van der Waals surface area contributed by atoms with Crippen LogP contribution in [0.4, 0.5) is 0 Å². The minimum atomic E-state index is -0.202. The van der Waals surface area contributed by atoms with Gasteiger partial charge in [-0.2, -0.15) is 0 Å². The van der Waals surface area contributed by atoms with Crippen molar-refractivity contribution in [1.82, 2.24) is 19.1 Å². The third-order valence-electron chi connectivity index (χ3n) is 4.96. The largest absolute Gasteiger partial charge is 0.312 e. The van der Waals surface area contributed by atoms with Gasteiger partial charge in [0.2, 0.25) is 0 Å². The first-order valence-corrected chi connectivity index (χ1v) is 11.5. The molecule has 0 spiro atoms. The van der Waals surface area contributed by atoms with E-state index in [-0.39, 0.29) is 5.56 Å². The Morgan fingerprint density at radius 3 is 2.47 bits per heavy atom. The molecule has 2 heterocycles. The minimum absolute atomic E-state index is 0.202. The summed E-state index contributed by atoms with van der Waals surface area (Å²) in [6.45, 7) is 0. The molecule has 0 aliphatic heterocycles. The van der Waals surface area contributed by atoms with Gasteiger partial charge in [-0.25, -0.2) is 9.97 Å². The van der Waals surface area contributed by atoms with Gasteiger partial charge in [-0.3, -0.25) is 9.36 Å². The Kier molecular flexibility index (Phi) is 5.27. The normalized spacial score (nSPS) is 13.8. The zero-order chi connectivity index (χ0) is 20.8. The van der Waals surface area contributed by atoms with Crippen molar-refractivity contribution in [1.29, 1.82) is 0 Å². The second-order valence-electron chi connectivity index (χ2n) is 7.09. The fourth-order valence-corrected chi connectivity index (χ4v) is 4.95. The van der Waals surface area contributed by atoms with Crippen molar-refractivity contribution < 1.29 is 0 Å². The highest BCUT2D eigenvalue weighted by atomic mass is 35.5. The zero-order valence-electron chi connectivity index (χ0n) is 15.6. The van der Waals surface area contributed by atoms with Crippen LogP contribution in [0.3, 0.4) is 0 Å². The maximum atomic E-state index is 13.4. The Morgan fingerprint density at radius 2 is 1.77 bits per heavy atom. The van der Waals surface area contributed by atoms with Crippen LogP contribution in [0.15, 0.2) is 58.7 Å². The molecule has 0 amide bonds. The van der Waals surface area contributed by atoms with E-state index >= 15 is 0 Å². The summed E-state index contributed by atoms with van der Waals surface area (Å²) in [5.41, 5.74) is 2.39. The SMILES string of the molecule is O=c1c2ncn(C3CC3)c2nc(SCc2ccc(Cl)cc2Cl)n1-c1ccc(Cl)cc1. The number of hydrogen-bond donors (Lipinski definition) is 0. The van der Waals surface area contributed by atoms with Crippen molar-refractivity contribution in [3.05, 3.63) is 79.8 Å². The highest BCUT2D eigenvalue weighted by molar-refractivity contribution is 7.98. The molecule has 5 nitrogen and oxygen atoms in total. The molecular weight excluding hydrogens is 463 g/mol. The van der Waals surface area contributed by atoms with E-state index in [2.05, 4.69) is 4.98 Å². The highest BCUT2D eigenvalue weighted by Gasteiger charge is 2.27. The first-order valence-electron chi connectivity index (χ1n) is 9.33. The fourth-order valence-electron chi connectivity index (χ4n) is 3.27. The highest BCUT2D eigenvalue weighted by Crippen LogP contribution is 2.37. The molecule has 5 rings (SSSR count). The summed E-state index contributed by atoms with van der Waals surface area (Å²) >= 11 is 19.8. The van der Waals surface area contributed by atoms with Gasteiger partial charge in [0.15, 0.2) is 16.3 Å². The molecule has 0 radical (unpaired) electrons. The molecule has 0 saturated heterocycles. The topological polar surface area (TPSA) is 52.7 Å². The van der Waals surface area contributed by atoms with E-state index in [1.165, 1.54) is 11.8 Å². The number of halogens is 3. The van der Waals surface area contributed by atoms with E-state index < -0.39 is 0 Å². The van der Waals surface area contributed by atoms with Crippen LogP contribution < -0.4 is 5.56 Å². The molecule has 1 saturated carbocycles. The molecule has 152 valence electrons. The summed E-state index contributed by atoms with van der Waals surface area (Å²) < 4.78 is 3.58. The molecule has 4 aromatic rings. The number of benzene rings is 2. The van der Waals surface area contributed by atoms with Crippen LogP contribution in [0.1, 0.15) is 24.4 Å². The molecule has 2 aromatic heterocycles. The summed E-state index contributed by atoms with van der Waals surface area (Å²) in [6.07, 6.45) is 3.87. The van der Waals surface area contributed by atoms with Crippen molar-refractivity contribution >= 4 is 57.7 Å². The molecule has 30 heavy (non-hydrogen) atoms. The van der Waals surface area contributed by atoms with Crippen LogP contribution in [0.2, 0.25) is 15.1 Å². The van der Waals surface area contributed by atoms with E-state index in [4.69, 9.17) is 39.8 Å². The van der Waals surface area contributed by atoms with Gasteiger partial charge in [-0.1, -0.05) is 52.6 Å². The Bertz CT molecular complexity index is 1310. The van der Waals surface area contributed by atoms with E-state index in [0.717, 1.165) is 18.4 Å². The predicted molar refractivity (Wildman–Crippen MR) is 122 cm³/mol. The lowest BCUT2D eigenvalue weighted by Gasteiger charge is -2.13. The molecular formula is C21H15Cl3N4OS. The number of rotatable bonds is 5. The van der Waals surface area contributed by atoms with E-state index in [9.17, 15) is 4.79 Å². The second-order valence-corrected chi connectivity index (χ2v) is 9.31. The first-order chi connectivity index (χ1) is 14.5. The van der Waals surface area contributed by atoms with Crippen molar-refractivity contribution in [2.75, 3.05) is 0 Å². The summed E-state index contributed by atoms with van der Waals surface area (Å²) in [5, 5.41) is 2.34. The quantitative estimate of drug-likeness (QED) is 0.255. The standard InChI is InChI=1S/C21H15Cl3N4OS/c22-13-3-5-16(6-4-13)28-20(29)18-19(27(11-25-18)15-7-8-15)26-21(28)30-10-12-1-2-14(23)9-17(12)24/h1-6,9,11,15H,7-8,10H2. The third-order valence-corrected chi connectivity index (χ3v) is 6.79.